The third kappa shape index (κ3) is 3.02. The van der Waals surface area contributed by atoms with E-state index in [1.165, 1.54) is 0 Å². The number of aryl methyl sites for hydroxylation is 1. The molecule has 0 aliphatic heterocycles. The number of hydrogen-bond donors (Lipinski definition) is 0. The SMILES string of the molecule is Cc1ccc(C(C)(Cc2ccncc2)C(=O)Cl)cc1. The number of hydrogen-bond acceptors (Lipinski definition) is 2. The van der Waals surface area contributed by atoms with Crippen LogP contribution in [0.2, 0.25) is 0 Å². The fraction of sp³-hybridized carbons (Fsp3) is 0.250. The minimum atomic E-state index is -0.712. The van der Waals surface area contributed by atoms with Crippen LogP contribution in [0.15, 0.2) is 48.8 Å². The van der Waals surface area contributed by atoms with Gasteiger partial charge in [-0.05, 0) is 55.1 Å². The van der Waals surface area contributed by atoms with E-state index < -0.39 is 5.41 Å². The number of benzene rings is 1. The Morgan fingerprint density at radius 2 is 1.74 bits per heavy atom. The first-order valence-corrected chi connectivity index (χ1v) is 6.56. The fourth-order valence-corrected chi connectivity index (χ4v) is 2.29. The molecule has 3 heteroatoms. The van der Waals surface area contributed by atoms with Gasteiger partial charge in [-0.3, -0.25) is 9.78 Å². The number of nitrogens with zero attached hydrogens (tertiary/aromatic N) is 1. The number of aromatic nitrogens is 1. The van der Waals surface area contributed by atoms with E-state index in [4.69, 9.17) is 11.6 Å². The number of rotatable bonds is 4. The number of pyridine rings is 1. The van der Waals surface area contributed by atoms with E-state index in [0.717, 1.165) is 16.7 Å². The van der Waals surface area contributed by atoms with E-state index in [9.17, 15) is 4.79 Å². The maximum atomic E-state index is 11.9. The maximum Gasteiger partial charge on any atom is 0.232 e. The largest absolute Gasteiger partial charge is 0.280 e. The van der Waals surface area contributed by atoms with Crippen molar-refractivity contribution >= 4 is 16.8 Å². The van der Waals surface area contributed by atoms with Gasteiger partial charge >= 0.3 is 0 Å². The van der Waals surface area contributed by atoms with Gasteiger partial charge < -0.3 is 0 Å². The molecule has 0 aliphatic carbocycles. The molecule has 0 saturated heterocycles. The minimum absolute atomic E-state index is 0.340. The van der Waals surface area contributed by atoms with Gasteiger partial charge in [0.2, 0.25) is 5.24 Å². The van der Waals surface area contributed by atoms with Crippen LogP contribution in [-0.2, 0) is 16.6 Å². The van der Waals surface area contributed by atoms with E-state index in [2.05, 4.69) is 4.98 Å². The van der Waals surface area contributed by atoms with Crippen LogP contribution < -0.4 is 0 Å². The summed E-state index contributed by atoms with van der Waals surface area (Å²) in [6.07, 6.45) is 4.02. The molecule has 98 valence electrons. The van der Waals surface area contributed by atoms with Crippen molar-refractivity contribution in [2.24, 2.45) is 0 Å². The molecule has 0 N–H and O–H groups in total. The predicted octanol–water partition coefficient (Wildman–Crippen LogP) is 3.66. The highest BCUT2D eigenvalue weighted by Crippen LogP contribution is 2.31. The molecule has 1 aromatic heterocycles. The first-order valence-electron chi connectivity index (χ1n) is 6.18. The standard InChI is InChI=1S/C16H16ClNO/c1-12-3-5-14(6-4-12)16(2,15(17)19)11-13-7-9-18-10-8-13/h3-10H,11H2,1-2H3. The summed E-state index contributed by atoms with van der Waals surface area (Å²) in [5, 5.41) is -0.340. The summed E-state index contributed by atoms with van der Waals surface area (Å²) in [5.41, 5.74) is 2.44. The molecule has 0 aliphatic rings. The molecular weight excluding hydrogens is 258 g/mol. The average molecular weight is 274 g/mol. The van der Waals surface area contributed by atoms with Crippen molar-refractivity contribution in [1.29, 1.82) is 0 Å². The Balaban J connectivity index is 2.38. The summed E-state index contributed by atoms with van der Waals surface area (Å²) in [4.78, 5) is 15.9. The van der Waals surface area contributed by atoms with Crippen molar-refractivity contribution < 1.29 is 4.79 Å². The number of halogens is 1. The van der Waals surface area contributed by atoms with Crippen molar-refractivity contribution in [3.63, 3.8) is 0 Å². The second-order valence-corrected chi connectivity index (χ2v) is 5.35. The molecular formula is C16H16ClNO. The Kier molecular flexibility index (Phi) is 4.01. The minimum Gasteiger partial charge on any atom is -0.280 e. The van der Waals surface area contributed by atoms with E-state index in [1.807, 2.05) is 50.2 Å². The van der Waals surface area contributed by atoms with Gasteiger partial charge in [0.1, 0.15) is 0 Å². The summed E-state index contributed by atoms with van der Waals surface area (Å²) < 4.78 is 0. The topological polar surface area (TPSA) is 30.0 Å². The quantitative estimate of drug-likeness (QED) is 0.796. The third-order valence-corrected chi connectivity index (χ3v) is 3.85. The second-order valence-electron chi connectivity index (χ2n) is 5.00. The third-order valence-electron chi connectivity index (χ3n) is 3.43. The summed E-state index contributed by atoms with van der Waals surface area (Å²) in [7, 11) is 0. The summed E-state index contributed by atoms with van der Waals surface area (Å²) in [5.74, 6) is 0. The molecule has 2 aromatic rings. The molecule has 1 atom stereocenters. The number of carbonyl (C=O) groups excluding carboxylic acids is 1. The first kappa shape index (κ1) is 13.8. The molecule has 2 rings (SSSR count). The highest BCUT2D eigenvalue weighted by molar-refractivity contribution is 6.65. The normalized spacial score (nSPS) is 13.8. The van der Waals surface area contributed by atoms with Crippen molar-refractivity contribution in [1.82, 2.24) is 4.98 Å². The Morgan fingerprint density at radius 1 is 1.16 bits per heavy atom. The molecule has 1 heterocycles. The Bertz CT molecular complexity index is 565. The lowest BCUT2D eigenvalue weighted by Crippen LogP contribution is -2.31. The molecule has 19 heavy (non-hydrogen) atoms. The van der Waals surface area contributed by atoms with E-state index in [0.29, 0.717) is 6.42 Å². The molecule has 0 bridgehead atoms. The van der Waals surface area contributed by atoms with Gasteiger partial charge in [-0.1, -0.05) is 29.8 Å². The van der Waals surface area contributed by atoms with Crippen LogP contribution in [0.5, 0.6) is 0 Å². The van der Waals surface area contributed by atoms with Gasteiger partial charge in [-0.25, -0.2) is 0 Å². The smallest absolute Gasteiger partial charge is 0.232 e. The zero-order chi connectivity index (χ0) is 13.9. The van der Waals surface area contributed by atoms with E-state index in [-0.39, 0.29) is 5.24 Å². The van der Waals surface area contributed by atoms with Crippen LogP contribution in [0.4, 0.5) is 0 Å². The van der Waals surface area contributed by atoms with E-state index in [1.54, 1.807) is 12.4 Å². The Hall–Kier alpha value is -1.67. The lowest BCUT2D eigenvalue weighted by molar-refractivity contribution is -0.116. The molecule has 0 fully saturated rings. The molecule has 0 amide bonds. The van der Waals surface area contributed by atoms with Gasteiger partial charge in [-0.15, -0.1) is 0 Å². The fourth-order valence-electron chi connectivity index (χ4n) is 2.12. The molecule has 0 saturated carbocycles. The lowest BCUT2D eigenvalue weighted by Gasteiger charge is -2.26. The van der Waals surface area contributed by atoms with Gasteiger partial charge in [0.15, 0.2) is 0 Å². The summed E-state index contributed by atoms with van der Waals surface area (Å²) in [6.45, 7) is 3.90. The molecule has 0 radical (unpaired) electrons. The molecule has 0 spiro atoms. The average Bonchev–Trinajstić information content (AvgIpc) is 2.40. The summed E-state index contributed by atoms with van der Waals surface area (Å²) >= 11 is 5.85. The second kappa shape index (κ2) is 5.54. The van der Waals surface area contributed by atoms with Crippen LogP contribution in [0.25, 0.3) is 0 Å². The Morgan fingerprint density at radius 3 is 2.26 bits per heavy atom. The maximum absolute atomic E-state index is 11.9. The predicted molar refractivity (Wildman–Crippen MR) is 77.3 cm³/mol. The summed E-state index contributed by atoms with van der Waals surface area (Å²) in [6, 6.07) is 11.8. The molecule has 1 aromatic carbocycles. The van der Waals surface area contributed by atoms with Crippen LogP contribution in [0.3, 0.4) is 0 Å². The Labute approximate surface area is 118 Å². The lowest BCUT2D eigenvalue weighted by atomic mass is 9.78. The van der Waals surface area contributed by atoms with Crippen molar-refractivity contribution in [2.75, 3.05) is 0 Å². The van der Waals surface area contributed by atoms with Crippen molar-refractivity contribution in [3.8, 4) is 0 Å². The van der Waals surface area contributed by atoms with Gasteiger partial charge in [0.25, 0.3) is 0 Å². The first-order chi connectivity index (χ1) is 9.02. The van der Waals surface area contributed by atoms with Gasteiger partial charge in [0, 0.05) is 12.4 Å². The van der Waals surface area contributed by atoms with Crippen LogP contribution in [0.1, 0.15) is 23.6 Å². The zero-order valence-electron chi connectivity index (χ0n) is 11.1. The highest BCUT2D eigenvalue weighted by atomic mass is 35.5. The van der Waals surface area contributed by atoms with Crippen LogP contribution in [-0.4, -0.2) is 10.2 Å². The van der Waals surface area contributed by atoms with E-state index >= 15 is 0 Å². The van der Waals surface area contributed by atoms with Crippen LogP contribution in [0, 0.1) is 6.92 Å². The van der Waals surface area contributed by atoms with Gasteiger partial charge in [-0.2, -0.15) is 0 Å². The zero-order valence-corrected chi connectivity index (χ0v) is 11.8. The highest BCUT2D eigenvalue weighted by Gasteiger charge is 2.34. The van der Waals surface area contributed by atoms with Crippen molar-refractivity contribution in [2.45, 2.75) is 25.7 Å². The molecule has 1 unspecified atom stereocenters. The monoisotopic (exact) mass is 273 g/mol. The molecule has 2 nitrogen and oxygen atoms in total. The van der Waals surface area contributed by atoms with Gasteiger partial charge in [0.05, 0.1) is 5.41 Å². The van der Waals surface area contributed by atoms with Crippen LogP contribution >= 0.6 is 11.6 Å². The van der Waals surface area contributed by atoms with Crippen molar-refractivity contribution in [3.05, 3.63) is 65.5 Å². The number of carbonyl (C=O) groups is 1.